The molecule has 0 radical (unpaired) electrons. The summed E-state index contributed by atoms with van der Waals surface area (Å²) in [7, 11) is -2.61. The van der Waals surface area contributed by atoms with Crippen molar-refractivity contribution in [3.8, 4) is 5.75 Å². The van der Waals surface area contributed by atoms with Gasteiger partial charge in [0.1, 0.15) is 5.75 Å². The number of benzene rings is 2. The Morgan fingerprint density at radius 3 is 2.63 bits per heavy atom. The van der Waals surface area contributed by atoms with E-state index in [4.69, 9.17) is 10.5 Å². The second-order valence-corrected chi connectivity index (χ2v) is 7.44. The Labute approximate surface area is 156 Å². The molecule has 2 aromatic carbocycles. The number of amides is 2. The maximum atomic E-state index is 12.6. The van der Waals surface area contributed by atoms with Crippen LogP contribution in [0.1, 0.15) is 21.5 Å². The molecule has 27 heavy (non-hydrogen) atoms. The summed E-state index contributed by atoms with van der Waals surface area (Å²) in [5.41, 5.74) is 6.99. The van der Waals surface area contributed by atoms with Gasteiger partial charge in [-0.1, -0.05) is 12.1 Å². The molecule has 8 nitrogen and oxygen atoms in total. The lowest BCUT2D eigenvalue weighted by Crippen LogP contribution is -2.17. The van der Waals surface area contributed by atoms with Crippen LogP contribution in [-0.4, -0.2) is 27.3 Å². The van der Waals surface area contributed by atoms with Gasteiger partial charge in [0.25, 0.3) is 21.8 Å². The summed E-state index contributed by atoms with van der Waals surface area (Å²) < 4.78 is 32.6. The van der Waals surface area contributed by atoms with Gasteiger partial charge in [-0.3, -0.25) is 14.3 Å². The Bertz CT molecular complexity index is 1090. The second-order valence-electron chi connectivity index (χ2n) is 5.91. The molecule has 1 aliphatic rings. The third-order valence-electron chi connectivity index (χ3n) is 4.04. The molecule has 1 heterocycles. The zero-order valence-corrected chi connectivity index (χ0v) is 15.4. The van der Waals surface area contributed by atoms with Crippen LogP contribution in [0.2, 0.25) is 0 Å². The van der Waals surface area contributed by atoms with Gasteiger partial charge in [-0.15, -0.1) is 0 Å². The van der Waals surface area contributed by atoms with Gasteiger partial charge in [0.2, 0.25) is 0 Å². The predicted molar refractivity (Wildman–Crippen MR) is 102 cm³/mol. The van der Waals surface area contributed by atoms with E-state index in [-0.39, 0.29) is 16.8 Å². The van der Waals surface area contributed by atoms with E-state index < -0.39 is 21.8 Å². The molecule has 0 saturated carbocycles. The first-order valence-corrected chi connectivity index (χ1v) is 9.40. The number of hydrogen-bond donors (Lipinski definition) is 3. The lowest BCUT2D eigenvalue weighted by molar-refractivity contribution is -0.110. The third kappa shape index (κ3) is 3.63. The molecule has 0 aromatic heterocycles. The van der Waals surface area contributed by atoms with E-state index in [1.807, 2.05) is 6.92 Å². The third-order valence-corrected chi connectivity index (χ3v) is 5.09. The van der Waals surface area contributed by atoms with Crippen molar-refractivity contribution in [1.29, 1.82) is 0 Å². The number of carbonyl (C=O) groups is 2. The number of methoxy groups -OCH3 is 1. The summed E-state index contributed by atoms with van der Waals surface area (Å²) >= 11 is 0. The Hall–Kier alpha value is -3.33. The quantitative estimate of drug-likeness (QED) is 0.675. The number of hydrogen-bond acceptors (Lipinski definition) is 5. The topological polar surface area (TPSA) is 128 Å². The maximum absolute atomic E-state index is 12.6. The zero-order chi connectivity index (χ0) is 19.8. The normalized spacial score (nSPS) is 14.6. The molecular weight excluding hydrogens is 370 g/mol. The largest absolute Gasteiger partial charge is 0.496 e. The summed E-state index contributed by atoms with van der Waals surface area (Å²) in [6.07, 6.45) is 0. The van der Waals surface area contributed by atoms with Crippen molar-refractivity contribution in [3.05, 3.63) is 58.5 Å². The van der Waals surface area contributed by atoms with Gasteiger partial charge in [-0.2, -0.15) is 0 Å². The standard InChI is InChI=1S/C18H17N3O5S/c1-10-7-15-12(8-16(10)26-2)13(18(23)20-15)9-27(24,25)21-14-6-4-3-5-11(14)17(19)22/h3-9,21H,1-2H3,(H2,19,22)(H,20,23)/b13-9-. The van der Waals surface area contributed by atoms with Crippen molar-refractivity contribution >= 4 is 38.8 Å². The molecule has 0 saturated heterocycles. The summed E-state index contributed by atoms with van der Waals surface area (Å²) in [6.45, 7) is 1.81. The van der Waals surface area contributed by atoms with Crippen LogP contribution in [0.3, 0.4) is 0 Å². The number of para-hydroxylation sites is 1. The highest BCUT2D eigenvalue weighted by atomic mass is 32.2. The van der Waals surface area contributed by atoms with Gasteiger partial charge in [0, 0.05) is 11.3 Å². The molecule has 3 rings (SSSR count). The van der Waals surface area contributed by atoms with Crippen LogP contribution in [-0.2, 0) is 14.8 Å². The monoisotopic (exact) mass is 387 g/mol. The molecular formula is C18H17N3O5S. The molecule has 0 bridgehead atoms. The summed E-state index contributed by atoms with van der Waals surface area (Å²) in [5.74, 6) is -0.795. The van der Waals surface area contributed by atoms with Gasteiger partial charge < -0.3 is 15.8 Å². The highest BCUT2D eigenvalue weighted by molar-refractivity contribution is 7.95. The van der Waals surface area contributed by atoms with Crippen molar-refractivity contribution in [2.24, 2.45) is 5.73 Å². The van der Waals surface area contributed by atoms with E-state index in [1.54, 1.807) is 24.3 Å². The SMILES string of the molecule is COc1cc2c(cc1C)NC(=O)/C2=C\S(=O)(=O)Nc1ccccc1C(N)=O. The molecule has 2 amide bonds. The van der Waals surface area contributed by atoms with Crippen molar-refractivity contribution in [1.82, 2.24) is 0 Å². The number of ether oxygens (including phenoxy) is 1. The Morgan fingerprint density at radius 1 is 1.26 bits per heavy atom. The molecule has 9 heteroatoms. The smallest absolute Gasteiger partial charge is 0.257 e. The minimum atomic E-state index is -4.10. The van der Waals surface area contributed by atoms with Crippen molar-refractivity contribution in [3.63, 3.8) is 0 Å². The number of sulfonamides is 1. The fourth-order valence-electron chi connectivity index (χ4n) is 2.79. The van der Waals surface area contributed by atoms with Crippen molar-refractivity contribution in [2.75, 3.05) is 17.1 Å². The van der Waals surface area contributed by atoms with Gasteiger partial charge in [-0.05, 0) is 36.8 Å². The Kier molecular flexibility index (Phi) is 4.63. The number of carbonyl (C=O) groups excluding carboxylic acids is 2. The Balaban J connectivity index is 2.02. The van der Waals surface area contributed by atoms with Crippen LogP contribution >= 0.6 is 0 Å². The highest BCUT2D eigenvalue weighted by Gasteiger charge is 2.28. The second kappa shape index (κ2) is 6.76. The van der Waals surface area contributed by atoms with Crippen LogP contribution in [0.15, 0.2) is 41.8 Å². The van der Waals surface area contributed by atoms with E-state index >= 15 is 0 Å². The number of primary amides is 1. The van der Waals surface area contributed by atoms with Crippen molar-refractivity contribution < 1.29 is 22.7 Å². The van der Waals surface area contributed by atoms with E-state index in [9.17, 15) is 18.0 Å². The van der Waals surface area contributed by atoms with Crippen LogP contribution in [0.5, 0.6) is 5.75 Å². The van der Waals surface area contributed by atoms with E-state index in [2.05, 4.69) is 10.0 Å². The van der Waals surface area contributed by atoms with E-state index in [0.29, 0.717) is 17.0 Å². The van der Waals surface area contributed by atoms with Crippen LogP contribution in [0.4, 0.5) is 11.4 Å². The van der Waals surface area contributed by atoms with Gasteiger partial charge in [0.15, 0.2) is 0 Å². The average Bonchev–Trinajstić information content (AvgIpc) is 2.88. The predicted octanol–water partition coefficient (Wildman–Crippen LogP) is 1.84. The first kappa shape index (κ1) is 18.5. The number of nitrogens with one attached hydrogen (secondary N) is 2. The number of nitrogens with two attached hydrogens (primary N) is 1. The fraction of sp³-hybridized carbons (Fsp3) is 0.111. The summed E-state index contributed by atoms with van der Waals surface area (Å²) in [5, 5.41) is 3.45. The van der Waals surface area contributed by atoms with Crippen LogP contribution < -0.4 is 20.5 Å². The summed E-state index contributed by atoms with van der Waals surface area (Å²) in [6, 6.07) is 9.23. The molecule has 2 aromatic rings. The molecule has 1 aliphatic heterocycles. The number of fused-ring (bicyclic) bond motifs is 1. The fourth-order valence-corrected chi connectivity index (χ4v) is 3.88. The molecule has 0 unspecified atom stereocenters. The molecule has 0 aliphatic carbocycles. The van der Waals surface area contributed by atoms with Crippen LogP contribution in [0, 0.1) is 6.92 Å². The lowest BCUT2D eigenvalue weighted by Gasteiger charge is -2.09. The molecule has 0 spiro atoms. The van der Waals surface area contributed by atoms with Gasteiger partial charge >= 0.3 is 0 Å². The molecule has 0 atom stereocenters. The van der Waals surface area contributed by atoms with Gasteiger partial charge in [0.05, 0.1) is 29.3 Å². The minimum Gasteiger partial charge on any atom is -0.496 e. The first-order chi connectivity index (χ1) is 12.7. The number of rotatable bonds is 5. The average molecular weight is 387 g/mol. The highest BCUT2D eigenvalue weighted by Crippen LogP contribution is 2.37. The number of anilines is 2. The maximum Gasteiger partial charge on any atom is 0.257 e. The molecule has 0 fully saturated rings. The lowest BCUT2D eigenvalue weighted by atomic mass is 10.1. The van der Waals surface area contributed by atoms with Gasteiger partial charge in [-0.25, -0.2) is 8.42 Å². The first-order valence-electron chi connectivity index (χ1n) is 7.85. The Morgan fingerprint density at radius 2 is 1.96 bits per heavy atom. The molecule has 140 valence electrons. The van der Waals surface area contributed by atoms with Crippen LogP contribution in [0.25, 0.3) is 5.57 Å². The summed E-state index contributed by atoms with van der Waals surface area (Å²) in [4.78, 5) is 23.7. The molecule has 4 N–H and O–H groups in total. The zero-order valence-electron chi connectivity index (χ0n) is 14.6. The van der Waals surface area contributed by atoms with Crippen molar-refractivity contribution in [2.45, 2.75) is 6.92 Å². The van der Waals surface area contributed by atoms with E-state index in [1.165, 1.54) is 19.2 Å². The number of aryl methyl sites for hydroxylation is 1. The minimum absolute atomic E-state index is 0.0213. The van der Waals surface area contributed by atoms with E-state index in [0.717, 1.165) is 11.0 Å².